The summed E-state index contributed by atoms with van der Waals surface area (Å²) in [5, 5.41) is 3.08. The van der Waals surface area contributed by atoms with E-state index in [0.29, 0.717) is 17.1 Å². The molecule has 1 N–H and O–H groups in total. The summed E-state index contributed by atoms with van der Waals surface area (Å²) in [7, 11) is -4.30. The Labute approximate surface area is 248 Å². The maximum atomic E-state index is 14.0. The second-order valence-corrected chi connectivity index (χ2v) is 12.6. The Morgan fingerprint density at radius 1 is 0.900 bits per heavy atom. The first-order valence-corrected chi connectivity index (χ1v) is 14.9. The molecule has 214 valence electrons. The van der Waals surface area contributed by atoms with E-state index in [9.17, 15) is 22.4 Å². The Balaban J connectivity index is 2.04. The first-order chi connectivity index (χ1) is 18.8. The van der Waals surface area contributed by atoms with Gasteiger partial charge < -0.3 is 10.2 Å². The minimum atomic E-state index is -4.30. The number of sulfonamides is 1. The zero-order valence-electron chi connectivity index (χ0n) is 22.1. The van der Waals surface area contributed by atoms with Gasteiger partial charge in [-0.05, 0) is 60.9 Å². The van der Waals surface area contributed by atoms with Crippen molar-refractivity contribution in [3.63, 3.8) is 0 Å². The highest BCUT2D eigenvalue weighted by atomic mass is 35.5. The van der Waals surface area contributed by atoms with Crippen molar-refractivity contribution in [2.75, 3.05) is 17.4 Å². The minimum absolute atomic E-state index is 0.0185. The fourth-order valence-electron chi connectivity index (χ4n) is 3.76. The Hall–Kier alpha value is -2.85. The van der Waals surface area contributed by atoms with Gasteiger partial charge in [-0.1, -0.05) is 72.9 Å². The number of halogens is 4. The van der Waals surface area contributed by atoms with Crippen LogP contribution in [0.1, 0.15) is 26.3 Å². The van der Waals surface area contributed by atoms with Gasteiger partial charge in [-0.2, -0.15) is 0 Å². The number of carbonyl (C=O) groups is 2. The summed E-state index contributed by atoms with van der Waals surface area (Å²) in [5.41, 5.74) is 0.559. The average Bonchev–Trinajstić information content (AvgIpc) is 2.92. The third kappa shape index (κ3) is 7.87. The summed E-state index contributed by atoms with van der Waals surface area (Å²) in [6.07, 6.45) is 0. The molecule has 0 aliphatic rings. The number of hydrogen-bond donors (Lipinski definition) is 1. The van der Waals surface area contributed by atoms with E-state index in [2.05, 4.69) is 5.32 Å². The summed E-state index contributed by atoms with van der Waals surface area (Å²) in [6, 6.07) is 14.7. The number of anilines is 1. The molecule has 40 heavy (non-hydrogen) atoms. The fourth-order valence-corrected chi connectivity index (χ4v) is 5.68. The first-order valence-electron chi connectivity index (χ1n) is 12.3. The zero-order valence-corrected chi connectivity index (χ0v) is 25.2. The van der Waals surface area contributed by atoms with Crippen LogP contribution in [0.25, 0.3) is 0 Å². The monoisotopic (exact) mass is 627 g/mol. The lowest BCUT2D eigenvalue weighted by atomic mass is 10.1. The van der Waals surface area contributed by atoms with Gasteiger partial charge >= 0.3 is 0 Å². The van der Waals surface area contributed by atoms with Crippen molar-refractivity contribution in [1.29, 1.82) is 0 Å². The molecule has 1 atom stereocenters. The lowest BCUT2D eigenvalue weighted by Crippen LogP contribution is -2.51. The number of amides is 2. The molecule has 7 nitrogen and oxygen atoms in total. The third-order valence-corrected chi connectivity index (χ3v) is 8.81. The molecule has 3 rings (SSSR count). The maximum Gasteiger partial charge on any atom is 0.264 e. The van der Waals surface area contributed by atoms with E-state index in [1.165, 1.54) is 23.1 Å². The van der Waals surface area contributed by atoms with Crippen LogP contribution < -0.4 is 9.62 Å². The van der Waals surface area contributed by atoms with E-state index in [4.69, 9.17) is 34.8 Å². The van der Waals surface area contributed by atoms with Crippen molar-refractivity contribution >= 4 is 62.3 Å². The van der Waals surface area contributed by atoms with Crippen molar-refractivity contribution in [2.24, 2.45) is 5.92 Å². The number of carbonyl (C=O) groups excluding carboxylic acids is 2. The van der Waals surface area contributed by atoms with Crippen LogP contribution in [0.5, 0.6) is 0 Å². The Morgan fingerprint density at radius 3 is 2.17 bits per heavy atom. The molecule has 0 aliphatic heterocycles. The summed E-state index contributed by atoms with van der Waals surface area (Å²) < 4.78 is 42.2. The molecule has 0 aromatic heterocycles. The van der Waals surface area contributed by atoms with Crippen molar-refractivity contribution in [3.05, 3.63) is 93.2 Å². The van der Waals surface area contributed by atoms with Crippen LogP contribution in [0, 0.1) is 11.7 Å². The molecule has 3 aromatic carbocycles. The molecule has 0 bridgehead atoms. The van der Waals surface area contributed by atoms with Gasteiger partial charge in [0.15, 0.2) is 0 Å². The van der Waals surface area contributed by atoms with E-state index in [0.717, 1.165) is 16.4 Å². The molecule has 0 fully saturated rings. The van der Waals surface area contributed by atoms with Gasteiger partial charge in [-0.25, -0.2) is 12.8 Å². The summed E-state index contributed by atoms with van der Waals surface area (Å²) >= 11 is 18.2. The van der Waals surface area contributed by atoms with E-state index < -0.39 is 40.2 Å². The molecule has 0 aliphatic carbocycles. The molecular formula is C28H29Cl3FN3O4S. The minimum Gasteiger partial charge on any atom is -0.354 e. The number of hydrogen-bond acceptors (Lipinski definition) is 4. The molecule has 0 radical (unpaired) electrons. The number of benzene rings is 3. The molecule has 0 spiro atoms. The van der Waals surface area contributed by atoms with Gasteiger partial charge in [0.2, 0.25) is 11.8 Å². The summed E-state index contributed by atoms with van der Waals surface area (Å²) in [5.74, 6) is -1.67. The SMILES string of the molecule is CC(C)CNC(=O)[C@H](C)N(Cc1ccc(Cl)c(Cl)c1)C(=O)CN(c1ccc(F)c(Cl)c1)S(=O)(=O)c1ccccc1. The Kier molecular flexibility index (Phi) is 10.8. The Morgan fingerprint density at radius 2 is 1.57 bits per heavy atom. The van der Waals surface area contributed by atoms with Gasteiger partial charge in [-0.15, -0.1) is 0 Å². The molecule has 0 heterocycles. The normalized spacial score (nSPS) is 12.2. The van der Waals surface area contributed by atoms with Crippen molar-refractivity contribution in [3.8, 4) is 0 Å². The largest absolute Gasteiger partial charge is 0.354 e. The number of nitrogens with zero attached hydrogens (tertiary/aromatic N) is 2. The third-order valence-electron chi connectivity index (χ3n) is 5.99. The number of nitrogens with one attached hydrogen (secondary N) is 1. The lowest BCUT2D eigenvalue weighted by molar-refractivity contribution is -0.139. The standard InChI is InChI=1S/C28H29Cl3FN3O4S/c1-18(2)15-33-28(37)19(3)34(16-20-9-11-23(29)24(30)13-20)27(36)17-35(21-10-12-26(32)25(31)14-21)40(38,39)22-7-5-4-6-8-22/h4-14,18-19H,15-17H2,1-3H3,(H,33,37)/t19-/m0/s1. The number of rotatable bonds is 11. The molecular weight excluding hydrogens is 600 g/mol. The molecule has 12 heteroatoms. The van der Waals surface area contributed by atoms with E-state index >= 15 is 0 Å². The van der Waals surface area contributed by atoms with E-state index in [-0.39, 0.29) is 33.1 Å². The lowest BCUT2D eigenvalue weighted by Gasteiger charge is -2.32. The molecule has 0 saturated carbocycles. The van der Waals surface area contributed by atoms with Gasteiger partial charge in [0, 0.05) is 13.1 Å². The summed E-state index contributed by atoms with van der Waals surface area (Å²) in [4.78, 5) is 28.1. The van der Waals surface area contributed by atoms with Crippen LogP contribution in [0.3, 0.4) is 0 Å². The average molecular weight is 629 g/mol. The molecule has 2 amide bonds. The predicted molar refractivity (Wildman–Crippen MR) is 157 cm³/mol. The van der Waals surface area contributed by atoms with Crippen LogP contribution >= 0.6 is 34.8 Å². The van der Waals surface area contributed by atoms with Crippen LogP contribution in [-0.2, 0) is 26.2 Å². The highest BCUT2D eigenvalue weighted by Gasteiger charge is 2.33. The Bertz CT molecular complexity index is 1470. The van der Waals surface area contributed by atoms with Gasteiger partial charge in [0.05, 0.1) is 25.7 Å². The quantitative estimate of drug-likeness (QED) is 0.275. The fraction of sp³-hybridized carbons (Fsp3) is 0.286. The van der Waals surface area contributed by atoms with Crippen LogP contribution in [0.15, 0.2) is 71.6 Å². The topological polar surface area (TPSA) is 86.8 Å². The molecule has 0 unspecified atom stereocenters. The van der Waals surface area contributed by atoms with Crippen LogP contribution in [0.4, 0.5) is 10.1 Å². The first kappa shape index (κ1) is 31.7. The second kappa shape index (κ2) is 13.7. The highest BCUT2D eigenvalue weighted by molar-refractivity contribution is 7.92. The van der Waals surface area contributed by atoms with Crippen molar-refractivity contribution < 1.29 is 22.4 Å². The van der Waals surface area contributed by atoms with Crippen LogP contribution in [-0.4, -0.2) is 44.3 Å². The molecule has 0 saturated heterocycles. The zero-order chi connectivity index (χ0) is 29.6. The second-order valence-electron chi connectivity index (χ2n) is 9.51. The van der Waals surface area contributed by atoms with Crippen LogP contribution in [0.2, 0.25) is 15.1 Å². The highest BCUT2D eigenvalue weighted by Crippen LogP contribution is 2.29. The van der Waals surface area contributed by atoms with Gasteiger partial charge in [-0.3, -0.25) is 13.9 Å². The van der Waals surface area contributed by atoms with Gasteiger partial charge in [0.25, 0.3) is 10.0 Å². The van der Waals surface area contributed by atoms with Crippen molar-refractivity contribution in [1.82, 2.24) is 10.2 Å². The molecule has 3 aromatic rings. The van der Waals surface area contributed by atoms with E-state index in [1.807, 2.05) is 13.8 Å². The van der Waals surface area contributed by atoms with Gasteiger partial charge in [0.1, 0.15) is 18.4 Å². The van der Waals surface area contributed by atoms with Crippen molar-refractivity contribution in [2.45, 2.75) is 38.3 Å². The predicted octanol–water partition coefficient (Wildman–Crippen LogP) is 6.17. The van der Waals surface area contributed by atoms with E-state index in [1.54, 1.807) is 43.3 Å². The maximum absolute atomic E-state index is 14.0. The smallest absolute Gasteiger partial charge is 0.264 e. The summed E-state index contributed by atoms with van der Waals surface area (Å²) in [6.45, 7) is 5.06.